The Labute approximate surface area is 89.1 Å². The predicted octanol–water partition coefficient (Wildman–Crippen LogP) is 2.18. The summed E-state index contributed by atoms with van der Waals surface area (Å²) in [6.07, 6.45) is -1.14. The Bertz CT molecular complexity index is 381. The smallest absolute Gasteiger partial charge is 0.366 e. The largest absolute Gasteiger partial charge is 0.426 e. The summed E-state index contributed by atoms with van der Waals surface area (Å²) >= 11 is 0. The van der Waals surface area contributed by atoms with Crippen molar-refractivity contribution in [2.75, 3.05) is 0 Å². The molecule has 0 saturated carbocycles. The van der Waals surface area contributed by atoms with Gasteiger partial charge in [0.1, 0.15) is 0 Å². The first-order chi connectivity index (χ1) is 7.24. The molecule has 0 aliphatic heterocycles. The number of nitrogens with two attached hydrogens (primary N) is 1. The van der Waals surface area contributed by atoms with E-state index in [9.17, 15) is 22.4 Å². The van der Waals surface area contributed by atoms with E-state index in [1.807, 2.05) is 0 Å². The van der Waals surface area contributed by atoms with Gasteiger partial charge in [0.25, 0.3) is 0 Å². The van der Waals surface area contributed by atoms with Crippen molar-refractivity contribution in [1.82, 2.24) is 0 Å². The van der Waals surface area contributed by atoms with Gasteiger partial charge in [0.2, 0.25) is 11.6 Å². The highest BCUT2D eigenvalue weighted by Gasteiger charge is 2.54. The molecule has 0 heterocycles. The standard InChI is InChI=1S/C10H9F4NO/c11-9(10(12,13)14)5-1-2-7(6-9)3-4-8(15)16/h1-5H,6H2,(H2,15,16)/b4-3+. The van der Waals surface area contributed by atoms with Crippen LogP contribution >= 0.6 is 0 Å². The van der Waals surface area contributed by atoms with Crippen LogP contribution in [0.25, 0.3) is 0 Å². The zero-order valence-corrected chi connectivity index (χ0v) is 8.09. The lowest BCUT2D eigenvalue weighted by Gasteiger charge is -2.27. The van der Waals surface area contributed by atoms with Crippen molar-refractivity contribution < 1.29 is 22.4 Å². The van der Waals surface area contributed by atoms with Gasteiger partial charge in [-0.3, -0.25) is 4.79 Å². The molecule has 1 rings (SSSR count). The van der Waals surface area contributed by atoms with E-state index in [0.29, 0.717) is 6.08 Å². The Morgan fingerprint density at radius 2 is 2.12 bits per heavy atom. The zero-order chi connectivity index (χ0) is 12.4. The van der Waals surface area contributed by atoms with Crippen molar-refractivity contribution in [2.45, 2.75) is 18.3 Å². The van der Waals surface area contributed by atoms with Crippen molar-refractivity contribution in [2.24, 2.45) is 5.73 Å². The monoisotopic (exact) mass is 235 g/mol. The summed E-state index contributed by atoms with van der Waals surface area (Å²) in [5.74, 6) is -0.799. The van der Waals surface area contributed by atoms with E-state index < -0.39 is 24.2 Å². The molecule has 1 unspecified atom stereocenters. The van der Waals surface area contributed by atoms with Crippen LogP contribution in [0.4, 0.5) is 17.6 Å². The van der Waals surface area contributed by atoms with Gasteiger partial charge in [-0.1, -0.05) is 18.2 Å². The Kier molecular flexibility index (Phi) is 3.21. The van der Waals surface area contributed by atoms with Gasteiger partial charge >= 0.3 is 6.18 Å². The van der Waals surface area contributed by atoms with E-state index in [1.165, 1.54) is 6.08 Å². The minimum Gasteiger partial charge on any atom is -0.366 e. The van der Waals surface area contributed by atoms with Gasteiger partial charge in [0.15, 0.2) is 0 Å². The molecule has 0 spiro atoms. The van der Waals surface area contributed by atoms with Gasteiger partial charge in [-0.15, -0.1) is 0 Å². The minimum absolute atomic E-state index is 0.0566. The van der Waals surface area contributed by atoms with Crippen LogP contribution in [-0.2, 0) is 4.79 Å². The van der Waals surface area contributed by atoms with Crippen LogP contribution in [0.15, 0.2) is 36.0 Å². The molecule has 2 N–H and O–H groups in total. The van der Waals surface area contributed by atoms with Crippen LogP contribution in [0.2, 0.25) is 0 Å². The van der Waals surface area contributed by atoms with Crippen LogP contribution in [0.3, 0.4) is 0 Å². The summed E-state index contributed by atoms with van der Waals surface area (Å²) in [5, 5.41) is 0. The third kappa shape index (κ3) is 2.71. The van der Waals surface area contributed by atoms with Crippen molar-refractivity contribution in [3.05, 3.63) is 36.0 Å². The maximum atomic E-state index is 13.5. The fourth-order valence-corrected chi connectivity index (χ4v) is 1.24. The number of primary amides is 1. The molecule has 1 atom stereocenters. The third-order valence-corrected chi connectivity index (χ3v) is 2.07. The summed E-state index contributed by atoms with van der Waals surface area (Å²) in [6.45, 7) is 0. The summed E-state index contributed by atoms with van der Waals surface area (Å²) in [6, 6.07) is 0. The molecule has 1 aliphatic rings. The number of amides is 1. The van der Waals surface area contributed by atoms with Crippen molar-refractivity contribution in [3.8, 4) is 0 Å². The third-order valence-electron chi connectivity index (χ3n) is 2.07. The molecule has 16 heavy (non-hydrogen) atoms. The highest BCUT2D eigenvalue weighted by molar-refractivity contribution is 5.86. The van der Waals surface area contributed by atoms with Crippen LogP contribution in [0.1, 0.15) is 6.42 Å². The first-order valence-electron chi connectivity index (χ1n) is 4.36. The van der Waals surface area contributed by atoms with E-state index in [2.05, 4.69) is 0 Å². The van der Waals surface area contributed by atoms with Crippen molar-refractivity contribution in [3.63, 3.8) is 0 Å². The highest BCUT2D eigenvalue weighted by Crippen LogP contribution is 2.41. The van der Waals surface area contributed by atoms with Crippen LogP contribution < -0.4 is 5.73 Å². The SMILES string of the molecule is NC(=O)/C=C/C1=CC=CC(F)(C(F)(F)F)C1. The zero-order valence-electron chi connectivity index (χ0n) is 8.09. The molecule has 0 bridgehead atoms. The number of allylic oxidation sites excluding steroid dienone is 5. The normalized spacial score (nSPS) is 25.9. The molecule has 0 aromatic heterocycles. The average molecular weight is 235 g/mol. The maximum absolute atomic E-state index is 13.5. The number of hydrogen-bond donors (Lipinski definition) is 1. The second-order valence-electron chi connectivity index (χ2n) is 3.37. The fraction of sp³-hybridized carbons (Fsp3) is 0.300. The summed E-state index contributed by atoms with van der Waals surface area (Å²) in [4.78, 5) is 10.4. The number of carbonyl (C=O) groups excluding carboxylic acids is 1. The van der Waals surface area contributed by atoms with E-state index in [0.717, 1.165) is 18.2 Å². The number of carbonyl (C=O) groups is 1. The number of halogens is 4. The molecule has 0 saturated heterocycles. The van der Waals surface area contributed by atoms with Gasteiger partial charge in [-0.2, -0.15) is 13.2 Å². The summed E-state index contributed by atoms with van der Waals surface area (Å²) in [7, 11) is 0. The lowest BCUT2D eigenvalue weighted by Crippen LogP contribution is -2.40. The molecule has 6 heteroatoms. The van der Waals surface area contributed by atoms with Gasteiger partial charge in [-0.05, 0) is 11.6 Å². The molecule has 0 fully saturated rings. The quantitative estimate of drug-likeness (QED) is 0.578. The first-order valence-corrected chi connectivity index (χ1v) is 4.36. The topological polar surface area (TPSA) is 43.1 Å². The Hall–Kier alpha value is -1.59. The molecule has 0 radical (unpaired) electrons. The van der Waals surface area contributed by atoms with E-state index in [1.54, 1.807) is 0 Å². The lowest BCUT2D eigenvalue weighted by molar-refractivity contribution is -0.211. The lowest BCUT2D eigenvalue weighted by atomic mass is 9.90. The summed E-state index contributed by atoms with van der Waals surface area (Å²) < 4.78 is 50.4. The van der Waals surface area contributed by atoms with Gasteiger partial charge in [-0.25, -0.2) is 4.39 Å². The van der Waals surface area contributed by atoms with Crippen molar-refractivity contribution in [1.29, 1.82) is 0 Å². The second kappa shape index (κ2) is 4.11. The maximum Gasteiger partial charge on any atom is 0.426 e. The van der Waals surface area contributed by atoms with E-state index in [4.69, 9.17) is 5.73 Å². The molecule has 0 aromatic carbocycles. The molecular weight excluding hydrogens is 226 g/mol. The average Bonchev–Trinajstić information content (AvgIpc) is 2.13. The molecular formula is C10H9F4NO. The van der Waals surface area contributed by atoms with E-state index >= 15 is 0 Å². The fourth-order valence-electron chi connectivity index (χ4n) is 1.24. The Morgan fingerprint density at radius 1 is 1.50 bits per heavy atom. The summed E-state index contributed by atoms with van der Waals surface area (Å²) in [5.41, 5.74) is 1.46. The van der Waals surface area contributed by atoms with E-state index in [-0.39, 0.29) is 5.57 Å². The minimum atomic E-state index is -4.97. The number of alkyl halides is 4. The van der Waals surface area contributed by atoms with Crippen LogP contribution in [0, 0.1) is 0 Å². The highest BCUT2D eigenvalue weighted by atomic mass is 19.4. The molecule has 1 amide bonds. The number of hydrogen-bond acceptors (Lipinski definition) is 1. The first kappa shape index (κ1) is 12.5. The molecule has 2 nitrogen and oxygen atoms in total. The van der Waals surface area contributed by atoms with Gasteiger partial charge in [0.05, 0.1) is 0 Å². The molecule has 1 aliphatic carbocycles. The Morgan fingerprint density at radius 3 is 2.62 bits per heavy atom. The van der Waals surface area contributed by atoms with Crippen molar-refractivity contribution >= 4 is 5.91 Å². The predicted molar refractivity (Wildman–Crippen MR) is 50.1 cm³/mol. The van der Waals surface area contributed by atoms with Gasteiger partial charge in [0, 0.05) is 12.5 Å². The molecule has 88 valence electrons. The Balaban J connectivity index is 2.86. The van der Waals surface area contributed by atoms with Crippen LogP contribution in [0.5, 0.6) is 0 Å². The number of rotatable bonds is 2. The van der Waals surface area contributed by atoms with Gasteiger partial charge < -0.3 is 5.73 Å². The van der Waals surface area contributed by atoms with Crippen LogP contribution in [-0.4, -0.2) is 17.8 Å². The molecule has 0 aromatic rings. The second-order valence-corrected chi connectivity index (χ2v) is 3.37.